The number of fused-ring (bicyclic) bond motifs is 3. The van der Waals surface area contributed by atoms with Gasteiger partial charge in [0.1, 0.15) is 7.11 Å². The number of hydrogen-bond acceptors (Lipinski definition) is 1. The molecule has 0 spiro atoms. The largest absolute Gasteiger partial charge is 0.417 e. The van der Waals surface area contributed by atoms with Crippen molar-refractivity contribution in [1.82, 2.24) is 4.73 Å². The lowest BCUT2D eigenvalue weighted by atomic mass is 10.1. The van der Waals surface area contributed by atoms with Crippen LogP contribution in [0.1, 0.15) is 5.56 Å². The van der Waals surface area contributed by atoms with E-state index in [1.54, 1.807) is 7.11 Å². The van der Waals surface area contributed by atoms with Gasteiger partial charge in [-0.3, -0.25) is 0 Å². The Hall–Kier alpha value is -2.22. The van der Waals surface area contributed by atoms with Crippen LogP contribution < -0.4 is 4.84 Å². The molecule has 0 aliphatic carbocycles. The van der Waals surface area contributed by atoms with Gasteiger partial charge in [-0.15, -0.1) is 0 Å². The summed E-state index contributed by atoms with van der Waals surface area (Å²) in [6.45, 7) is 3.81. The van der Waals surface area contributed by atoms with Crippen molar-refractivity contribution in [3.8, 4) is 0 Å². The van der Waals surface area contributed by atoms with E-state index in [0.717, 1.165) is 16.6 Å². The van der Waals surface area contributed by atoms with E-state index < -0.39 is 0 Å². The molecule has 0 fully saturated rings. The Morgan fingerprint density at radius 2 is 1.82 bits per heavy atom. The molecule has 3 rings (SSSR count). The summed E-state index contributed by atoms with van der Waals surface area (Å²) in [5, 5.41) is 2.40. The van der Waals surface area contributed by atoms with Gasteiger partial charge in [0.25, 0.3) is 0 Å². The molecule has 2 aromatic carbocycles. The summed E-state index contributed by atoms with van der Waals surface area (Å²) in [5.41, 5.74) is 3.29. The molecule has 0 aliphatic rings. The van der Waals surface area contributed by atoms with Crippen LogP contribution >= 0.6 is 0 Å². The first kappa shape index (κ1) is 9.97. The summed E-state index contributed by atoms with van der Waals surface area (Å²) in [6.07, 6.45) is 1.86. The average molecular weight is 223 g/mol. The van der Waals surface area contributed by atoms with E-state index >= 15 is 0 Å². The molecule has 1 heterocycles. The van der Waals surface area contributed by atoms with E-state index in [-0.39, 0.29) is 0 Å². The van der Waals surface area contributed by atoms with Crippen LogP contribution in [-0.4, -0.2) is 11.8 Å². The molecule has 3 aromatic rings. The molecular weight excluding hydrogens is 210 g/mol. The lowest BCUT2D eigenvalue weighted by molar-refractivity contribution is 0.190. The molecule has 0 amide bonds. The van der Waals surface area contributed by atoms with Crippen molar-refractivity contribution in [2.75, 3.05) is 7.11 Å². The molecule has 2 nitrogen and oxygen atoms in total. The Kier molecular flexibility index (Phi) is 2.15. The summed E-state index contributed by atoms with van der Waals surface area (Å²) in [5.74, 6) is 0. The second kappa shape index (κ2) is 3.67. The molecule has 0 aliphatic heterocycles. The zero-order valence-electron chi connectivity index (χ0n) is 9.68. The van der Waals surface area contributed by atoms with Gasteiger partial charge in [0.2, 0.25) is 0 Å². The predicted octanol–water partition coefficient (Wildman–Crippen LogP) is 3.50. The fraction of sp³-hybridized carbons (Fsp3) is 0.0667. The molecule has 0 saturated heterocycles. The third-order valence-corrected chi connectivity index (χ3v) is 3.07. The fourth-order valence-corrected chi connectivity index (χ4v) is 2.28. The van der Waals surface area contributed by atoms with Gasteiger partial charge in [-0.25, -0.2) is 0 Å². The van der Waals surface area contributed by atoms with Crippen molar-refractivity contribution < 1.29 is 4.84 Å². The van der Waals surface area contributed by atoms with Gasteiger partial charge in [0.05, 0.1) is 11.0 Å². The van der Waals surface area contributed by atoms with Gasteiger partial charge in [0, 0.05) is 10.8 Å². The molecule has 0 unspecified atom stereocenters. The van der Waals surface area contributed by atoms with Gasteiger partial charge < -0.3 is 4.84 Å². The summed E-state index contributed by atoms with van der Waals surface area (Å²) in [7, 11) is 1.69. The third-order valence-electron chi connectivity index (χ3n) is 3.07. The zero-order chi connectivity index (χ0) is 11.8. The van der Waals surface area contributed by atoms with E-state index in [1.807, 2.05) is 29.0 Å². The third kappa shape index (κ3) is 1.34. The van der Waals surface area contributed by atoms with Crippen LogP contribution in [0, 0.1) is 0 Å². The first-order valence-electron chi connectivity index (χ1n) is 5.55. The van der Waals surface area contributed by atoms with Gasteiger partial charge in [-0.2, -0.15) is 4.73 Å². The standard InChI is InChI=1S/C15H13NO/c1-3-11-8-9-15-13(10-11)12-6-4-5-7-14(12)16(15)17-2/h3-10H,1H2,2H3. The van der Waals surface area contributed by atoms with Gasteiger partial charge in [-0.05, 0) is 23.8 Å². The second-order valence-corrected chi connectivity index (χ2v) is 3.97. The van der Waals surface area contributed by atoms with Crippen molar-refractivity contribution in [3.05, 3.63) is 54.6 Å². The van der Waals surface area contributed by atoms with E-state index in [9.17, 15) is 0 Å². The van der Waals surface area contributed by atoms with Gasteiger partial charge in [0.15, 0.2) is 0 Å². The Morgan fingerprint density at radius 3 is 2.59 bits per heavy atom. The summed E-state index contributed by atoms with van der Waals surface area (Å²) in [6, 6.07) is 14.5. The number of aromatic nitrogens is 1. The van der Waals surface area contributed by atoms with Crippen molar-refractivity contribution in [2.45, 2.75) is 0 Å². The van der Waals surface area contributed by atoms with Gasteiger partial charge >= 0.3 is 0 Å². The molecule has 0 N–H and O–H groups in total. The second-order valence-electron chi connectivity index (χ2n) is 3.97. The van der Waals surface area contributed by atoms with Crippen molar-refractivity contribution in [2.24, 2.45) is 0 Å². The first-order valence-corrected chi connectivity index (χ1v) is 5.55. The van der Waals surface area contributed by atoms with Crippen molar-refractivity contribution >= 4 is 27.9 Å². The van der Waals surface area contributed by atoms with E-state index in [0.29, 0.717) is 0 Å². The molecule has 1 aromatic heterocycles. The Balaban J connectivity index is 2.53. The number of para-hydroxylation sites is 1. The normalized spacial score (nSPS) is 10.9. The van der Waals surface area contributed by atoms with Crippen LogP contribution in [0.25, 0.3) is 27.9 Å². The summed E-state index contributed by atoms with van der Waals surface area (Å²) >= 11 is 0. The molecule has 2 heteroatoms. The Bertz CT molecular complexity index is 709. The fourth-order valence-electron chi connectivity index (χ4n) is 2.28. The summed E-state index contributed by atoms with van der Waals surface area (Å²) in [4.78, 5) is 5.45. The smallest absolute Gasteiger partial charge is 0.104 e. The number of rotatable bonds is 2. The van der Waals surface area contributed by atoms with Gasteiger partial charge in [-0.1, -0.05) is 36.9 Å². The SMILES string of the molecule is C=Cc1ccc2c(c1)c1ccccc1n2OC. The Morgan fingerprint density at radius 1 is 1.06 bits per heavy atom. The van der Waals surface area contributed by atoms with Crippen LogP contribution in [0.5, 0.6) is 0 Å². The van der Waals surface area contributed by atoms with E-state index in [2.05, 4.69) is 30.8 Å². The minimum absolute atomic E-state index is 1.08. The zero-order valence-corrected chi connectivity index (χ0v) is 9.68. The number of benzene rings is 2. The average Bonchev–Trinajstić information content (AvgIpc) is 2.71. The minimum atomic E-state index is 1.08. The molecule has 0 saturated carbocycles. The maximum atomic E-state index is 5.45. The Labute approximate surface area is 99.7 Å². The van der Waals surface area contributed by atoms with Crippen LogP contribution in [0.15, 0.2) is 49.0 Å². The topological polar surface area (TPSA) is 14.2 Å². The van der Waals surface area contributed by atoms with E-state index in [1.165, 1.54) is 10.8 Å². The maximum absolute atomic E-state index is 5.45. The number of nitrogens with zero attached hydrogens (tertiary/aromatic N) is 1. The maximum Gasteiger partial charge on any atom is 0.104 e. The minimum Gasteiger partial charge on any atom is -0.417 e. The van der Waals surface area contributed by atoms with Crippen molar-refractivity contribution in [1.29, 1.82) is 0 Å². The first-order chi connectivity index (χ1) is 8.35. The molecule has 0 atom stereocenters. The lowest BCUT2D eigenvalue weighted by Gasteiger charge is -2.03. The van der Waals surface area contributed by atoms with Crippen LogP contribution in [0.4, 0.5) is 0 Å². The predicted molar refractivity (Wildman–Crippen MR) is 72.0 cm³/mol. The highest BCUT2D eigenvalue weighted by Gasteiger charge is 2.09. The van der Waals surface area contributed by atoms with Crippen LogP contribution in [-0.2, 0) is 0 Å². The lowest BCUT2D eigenvalue weighted by Crippen LogP contribution is -2.04. The molecular formula is C15H13NO. The highest BCUT2D eigenvalue weighted by Crippen LogP contribution is 2.28. The van der Waals surface area contributed by atoms with Crippen LogP contribution in [0.2, 0.25) is 0 Å². The molecule has 0 radical (unpaired) electrons. The van der Waals surface area contributed by atoms with Crippen molar-refractivity contribution in [3.63, 3.8) is 0 Å². The van der Waals surface area contributed by atoms with Crippen LogP contribution in [0.3, 0.4) is 0 Å². The van der Waals surface area contributed by atoms with E-state index in [4.69, 9.17) is 4.84 Å². The highest BCUT2D eigenvalue weighted by molar-refractivity contribution is 6.08. The highest BCUT2D eigenvalue weighted by atomic mass is 16.6. The summed E-state index contributed by atoms with van der Waals surface area (Å²) < 4.78 is 1.86. The number of hydrogen-bond donors (Lipinski definition) is 0. The monoisotopic (exact) mass is 223 g/mol. The molecule has 84 valence electrons. The quantitative estimate of drug-likeness (QED) is 0.648. The molecule has 17 heavy (non-hydrogen) atoms. The molecule has 0 bridgehead atoms.